The Labute approximate surface area is 220 Å². The smallest absolute Gasteiger partial charge is 0.264 e. The van der Waals surface area contributed by atoms with E-state index in [9.17, 15) is 4.79 Å². The molecule has 37 heavy (non-hydrogen) atoms. The van der Waals surface area contributed by atoms with Gasteiger partial charge in [0.05, 0.1) is 43.5 Å². The van der Waals surface area contributed by atoms with Gasteiger partial charge < -0.3 is 23.8 Å². The molecule has 0 aliphatic carbocycles. The summed E-state index contributed by atoms with van der Waals surface area (Å²) in [6.07, 6.45) is 1.99. The predicted octanol–water partition coefficient (Wildman–Crippen LogP) is 5.81. The Hall–Kier alpha value is -3.62. The van der Waals surface area contributed by atoms with E-state index in [-0.39, 0.29) is 12.0 Å². The number of rotatable bonds is 9. The summed E-state index contributed by atoms with van der Waals surface area (Å²) in [7, 11) is 4.87. The molecule has 0 spiro atoms. The van der Waals surface area contributed by atoms with Crippen LogP contribution < -0.4 is 14.2 Å². The summed E-state index contributed by atoms with van der Waals surface area (Å²) in [6.45, 7) is 1.65. The van der Waals surface area contributed by atoms with Gasteiger partial charge in [-0.25, -0.2) is 4.98 Å². The van der Waals surface area contributed by atoms with Gasteiger partial charge >= 0.3 is 0 Å². The van der Waals surface area contributed by atoms with E-state index in [1.54, 1.807) is 21.3 Å². The molecule has 1 fully saturated rings. The van der Waals surface area contributed by atoms with Gasteiger partial charge in [0, 0.05) is 36.7 Å². The topological polar surface area (TPSA) is 70.1 Å². The summed E-state index contributed by atoms with van der Waals surface area (Å²) in [6, 6.07) is 17.5. The Morgan fingerprint density at radius 2 is 1.89 bits per heavy atom. The fourth-order valence-corrected chi connectivity index (χ4v) is 5.39. The molecule has 2 aromatic carbocycles. The lowest BCUT2D eigenvalue weighted by atomic mass is 10.0. The Bertz CT molecular complexity index is 1380. The number of nitrogens with zero attached hydrogens (tertiary/aromatic N) is 2. The van der Waals surface area contributed by atoms with Crippen LogP contribution in [0, 0.1) is 0 Å². The number of hydrogen-bond acceptors (Lipinski definition) is 7. The van der Waals surface area contributed by atoms with E-state index in [4.69, 9.17) is 23.9 Å². The minimum atomic E-state index is -0.00509. The van der Waals surface area contributed by atoms with Crippen LogP contribution >= 0.6 is 11.3 Å². The molecule has 1 aliphatic rings. The summed E-state index contributed by atoms with van der Waals surface area (Å²) in [5.41, 5.74) is 3.40. The predicted molar refractivity (Wildman–Crippen MR) is 145 cm³/mol. The van der Waals surface area contributed by atoms with Crippen LogP contribution in [0.25, 0.3) is 22.2 Å². The molecule has 1 aliphatic heterocycles. The number of thiophene rings is 1. The highest BCUT2D eigenvalue weighted by molar-refractivity contribution is 7.12. The van der Waals surface area contributed by atoms with E-state index < -0.39 is 0 Å². The number of aromatic nitrogens is 1. The zero-order valence-corrected chi connectivity index (χ0v) is 22.0. The molecule has 192 valence electrons. The van der Waals surface area contributed by atoms with Gasteiger partial charge in [-0.3, -0.25) is 4.79 Å². The van der Waals surface area contributed by atoms with Crippen molar-refractivity contribution < 1.29 is 23.7 Å². The fraction of sp³-hybridized carbons (Fsp3) is 0.310. The van der Waals surface area contributed by atoms with Crippen molar-refractivity contribution in [3.05, 3.63) is 70.4 Å². The number of amides is 1. The van der Waals surface area contributed by atoms with E-state index in [0.29, 0.717) is 29.5 Å². The number of carbonyl (C=O) groups is 1. The van der Waals surface area contributed by atoms with Gasteiger partial charge in [-0.05, 0) is 54.1 Å². The molecule has 4 aromatic rings. The molecule has 1 saturated heterocycles. The molecule has 5 rings (SSSR count). The molecule has 0 N–H and O–H groups in total. The van der Waals surface area contributed by atoms with Gasteiger partial charge in [-0.1, -0.05) is 18.2 Å². The van der Waals surface area contributed by atoms with Gasteiger partial charge in [-0.15, -0.1) is 11.3 Å². The van der Waals surface area contributed by atoms with Crippen molar-refractivity contribution in [2.45, 2.75) is 25.5 Å². The minimum absolute atomic E-state index is 0.00509. The van der Waals surface area contributed by atoms with Crippen LogP contribution in [0.3, 0.4) is 0 Å². The van der Waals surface area contributed by atoms with E-state index in [2.05, 4.69) is 6.07 Å². The normalized spacial score (nSPS) is 15.1. The maximum atomic E-state index is 13.6. The van der Waals surface area contributed by atoms with Crippen LogP contribution in [0.5, 0.6) is 17.2 Å². The van der Waals surface area contributed by atoms with Crippen molar-refractivity contribution in [3.63, 3.8) is 0 Å². The van der Waals surface area contributed by atoms with Crippen LogP contribution in [0.15, 0.2) is 60.0 Å². The highest BCUT2D eigenvalue weighted by Gasteiger charge is 2.26. The monoisotopic (exact) mass is 518 g/mol. The SMILES string of the molecule is COc1cccc(-c2nc3cc(OC)c(OC)cc3cc2CN(CC2CCCO2)C(=O)c2cccs2)c1. The zero-order valence-electron chi connectivity index (χ0n) is 21.2. The van der Waals surface area contributed by atoms with E-state index >= 15 is 0 Å². The third kappa shape index (κ3) is 5.40. The molecule has 1 unspecified atom stereocenters. The number of ether oxygens (including phenoxy) is 4. The first kappa shape index (κ1) is 25.0. The molecule has 7 nitrogen and oxygen atoms in total. The van der Waals surface area contributed by atoms with Gasteiger partial charge in [-0.2, -0.15) is 0 Å². The maximum Gasteiger partial charge on any atom is 0.264 e. The summed E-state index contributed by atoms with van der Waals surface area (Å²) in [5.74, 6) is 1.97. The van der Waals surface area contributed by atoms with Gasteiger partial charge in [0.25, 0.3) is 5.91 Å². The molecule has 0 saturated carbocycles. The average molecular weight is 519 g/mol. The van der Waals surface area contributed by atoms with Gasteiger partial charge in [0.2, 0.25) is 0 Å². The van der Waals surface area contributed by atoms with Crippen LogP contribution in [0.4, 0.5) is 0 Å². The zero-order chi connectivity index (χ0) is 25.8. The molecular weight excluding hydrogens is 488 g/mol. The molecule has 1 atom stereocenters. The Morgan fingerprint density at radius 3 is 2.59 bits per heavy atom. The standard InChI is InChI=1S/C29H30N2O5S/c1-33-22-8-4-7-19(14-22)28-21(13-20-15-25(34-2)26(35-3)16-24(20)30-28)17-31(18-23-9-5-11-36-23)29(32)27-10-6-12-37-27/h4,6-8,10,12-16,23H,5,9,11,17-18H2,1-3H3. The Kier molecular flexibility index (Phi) is 7.58. The summed E-state index contributed by atoms with van der Waals surface area (Å²) < 4.78 is 22.4. The summed E-state index contributed by atoms with van der Waals surface area (Å²) in [4.78, 5) is 21.2. The lowest BCUT2D eigenvalue weighted by Crippen LogP contribution is -2.36. The molecule has 3 heterocycles. The number of pyridine rings is 1. The van der Waals surface area contributed by atoms with Crippen molar-refractivity contribution in [3.8, 4) is 28.5 Å². The fourth-order valence-electron chi connectivity index (χ4n) is 4.70. The quantitative estimate of drug-likeness (QED) is 0.279. The number of methoxy groups -OCH3 is 3. The van der Waals surface area contributed by atoms with Crippen molar-refractivity contribution in [1.29, 1.82) is 0 Å². The molecule has 0 radical (unpaired) electrons. The molecular formula is C29H30N2O5S. The van der Waals surface area contributed by atoms with Crippen molar-refractivity contribution in [1.82, 2.24) is 9.88 Å². The largest absolute Gasteiger partial charge is 0.497 e. The summed E-state index contributed by atoms with van der Waals surface area (Å²) in [5, 5.41) is 2.83. The van der Waals surface area contributed by atoms with Crippen LogP contribution in [-0.2, 0) is 11.3 Å². The molecule has 1 amide bonds. The second-order valence-corrected chi connectivity index (χ2v) is 9.87. The van der Waals surface area contributed by atoms with E-state index in [1.165, 1.54) is 11.3 Å². The first-order chi connectivity index (χ1) is 18.1. The highest BCUT2D eigenvalue weighted by atomic mass is 32.1. The maximum absolute atomic E-state index is 13.6. The Morgan fingerprint density at radius 1 is 1.05 bits per heavy atom. The van der Waals surface area contributed by atoms with Crippen LogP contribution in [0.2, 0.25) is 0 Å². The van der Waals surface area contributed by atoms with Crippen LogP contribution in [-0.4, -0.2) is 56.4 Å². The van der Waals surface area contributed by atoms with Crippen molar-refractivity contribution >= 4 is 28.1 Å². The van der Waals surface area contributed by atoms with Crippen LogP contribution in [0.1, 0.15) is 28.1 Å². The number of carbonyl (C=O) groups excluding carboxylic acids is 1. The molecule has 0 bridgehead atoms. The second-order valence-electron chi connectivity index (χ2n) is 8.93. The van der Waals surface area contributed by atoms with E-state index in [1.807, 2.05) is 58.8 Å². The third-order valence-electron chi connectivity index (χ3n) is 6.57. The van der Waals surface area contributed by atoms with E-state index in [0.717, 1.165) is 52.9 Å². The average Bonchev–Trinajstić information content (AvgIpc) is 3.66. The molecule has 8 heteroatoms. The lowest BCUT2D eigenvalue weighted by molar-refractivity contribution is 0.0511. The summed E-state index contributed by atoms with van der Waals surface area (Å²) >= 11 is 1.45. The number of benzene rings is 2. The number of hydrogen-bond donors (Lipinski definition) is 0. The van der Waals surface area contributed by atoms with Crippen molar-refractivity contribution in [2.75, 3.05) is 34.5 Å². The second kappa shape index (κ2) is 11.2. The third-order valence-corrected chi connectivity index (χ3v) is 7.43. The highest BCUT2D eigenvalue weighted by Crippen LogP contribution is 2.35. The van der Waals surface area contributed by atoms with Gasteiger partial charge in [0.1, 0.15) is 5.75 Å². The first-order valence-corrected chi connectivity index (χ1v) is 13.1. The minimum Gasteiger partial charge on any atom is -0.497 e. The first-order valence-electron chi connectivity index (χ1n) is 12.2. The molecule has 2 aromatic heterocycles. The van der Waals surface area contributed by atoms with Gasteiger partial charge in [0.15, 0.2) is 11.5 Å². The number of fused-ring (bicyclic) bond motifs is 1. The Balaban J connectivity index is 1.62. The lowest BCUT2D eigenvalue weighted by Gasteiger charge is -2.26. The van der Waals surface area contributed by atoms with Crippen molar-refractivity contribution in [2.24, 2.45) is 0 Å².